The lowest BCUT2D eigenvalue weighted by molar-refractivity contribution is 0.237. The van der Waals surface area contributed by atoms with Gasteiger partial charge in [0.05, 0.1) is 12.2 Å². The highest BCUT2D eigenvalue weighted by molar-refractivity contribution is 5.05. The van der Waals surface area contributed by atoms with E-state index in [1.54, 1.807) is 0 Å². The molecule has 0 spiro atoms. The molecule has 114 valence electrons. The quantitative estimate of drug-likeness (QED) is 0.768. The molecule has 0 aliphatic carbocycles. The van der Waals surface area contributed by atoms with Gasteiger partial charge in [-0.15, -0.1) is 0 Å². The van der Waals surface area contributed by atoms with E-state index in [0.717, 1.165) is 50.6 Å². The normalized spacial score (nSPS) is 23.9. The zero-order valence-electron chi connectivity index (χ0n) is 13.2. The Kier molecular flexibility index (Phi) is 5.57. The van der Waals surface area contributed by atoms with E-state index >= 15 is 0 Å². The van der Waals surface area contributed by atoms with E-state index < -0.39 is 0 Å². The molecule has 5 nitrogen and oxygen atoms in total. The molecule has 20 heavy (non-hydrogen) atoms. The van der Waals surface area contributed by atoms with Crippen molar-refractivity contribution in [2.24, 2.45) is 5.92 Å². The van der Waals surface area contributed by atoms with Crippen LogP contribution in [0.15, 0.2) is 10.6 Å². The number of likely N-dealkylation sites (N-methyl/N-ethyl adjacent to an activating group) is 1. The Labute approximate surface area is 122 Å². The van der Waals surface area contributed by atoms with Crippen LogP contribution in [0.5, 0.6) is 0 Å². The third-order valence-corrected chi connectivity index (χ3v) is 4.03. The molecule has 0 aromatic carbocycles. The van der Waals surface area contributed by atoms with Gasteiger partial charge in [-0.1, -0.05) is 19.0 Å². The van der Waals surface area contributed by atoms with Gasteiger partial charge >= 0.3 is 0 Å². The number of hydrogen-bond donors (Lipinski definition) is 1. The fourth-order valence-electron chi connectivity index (χ4n) is 2.98. The first-order valence-electron chi connectivity index (χ1n) is 7.64. The van der Waals surface area contributed by atoms with E-state index in [1.807, 2.05) is 0 Å². The van der Waals surface area contributed by atoms with Gasteiger partial charge in [0, 0.05) is 31.7 Å². The molecule has 1 N–H and O–H groups in total. The van der Waals surface area contributed by atoms with Crippen LogP contribution in [0, 0.1) is 5.92 Å². The zero-order valence-corrected chi connectivity index (χ0v) is 13.2. The summed E-state index contributed by atoms with van der Waals surface area (Å²) in [5.74, 6) is 1.68. The monoisotopic (exact) mass is 280 g/mol. The minimum atomic E-state index is 0.642. The van der Waals surface area contributed by atoms with Crippen LogP contribution in [-0.4, -0.2) is 54.7 Å². The minimum Gasteiger partial charge on any atom is -0.360 e. The van der Waals surface area contributed by atoms with Gasteiger partial charge in [0.2, 0.25) is 0 Å². The molecule has 2 atom stereocenters. The lowest BCUT2D eigenvalue weighted by Crippen LogP contribution is -2.34. The highest BCUT2D eigenvalue weighted by Gasteiger charge is 2.31. The Morgan fingerprint density at radius 2 is 2.25 bits per heavy atom. The largest absolute Gasteiger partial charge is 0.360 e. The van der Waals surface area contributed by atoms with Crippen molar-refractivity contribution in [1.82, 2.24) is 20.3 Å². The summed E-state index contributed by atoms with van der Waals surface area (Å²) in [6.45, 7) is 9.42. The summed E-state index contributed by atoms with van der Waals surface area (Å²) in [5.41, 5.74) is 1.00. The van der Waals surface area contributed by atoms with Crippen molar-refractivity contribution in [3.05, 3.63) is 17.5 Å². The third kappa shape index (κ3) is 4.04. The minimum absolute atomic E-state index is 0.642. The van der Waals surface area contributed by atoms with E-state index in [0.29, 0.717) is 12.0 Å². The number of likely N-dealkylation sites (tertiary alicyclic amines) is 1. The molecule has 5 heteroatoms. The van der Waals surface area contributed by atoms with Crippen molar-refractivity contribution in [2.75, 3.05) is 33.7 Å². The van der Waals surface area contributed by atoms with E-state index in [-0.39, 0.29) is 0 Å². The maximum absolute atomic E-state index is 5.44. The summed E-state index contributed by atoms with van der Waals surface area (Å²) < 4.78 is 5.44. The van der Waals surface area contributed by atoms with Crippen LogP contribution in [-0.2, 0) is 13.1 Å². The van der Waals surface area contributed by atoms with Crippen LogP contribution in [0.4, 0.5) is 0 Å². The van der Waals surface area contributed by atoms with Gasteiger partial charge in [-0.05, 0) is 33.0 Å². The molecule has 1 fully saturated rings. The highest BCUT2D eigenvalue weighted by Crippen LogP contribution is 2.22. The van der Waals surface area contributed by atoms with Gasteiger partial charge in [-0.25, -0.2) is 0 Å². The maximum atomic E-state index is 5.44. The predicted octanol–water partition coefficient (Wildman–Crippen LogP) is 1.56. The molecule has 1 aromatic heterocycles. The van der Waals surface area contributed by atoms with Crippen LogP contribution < -0.4 is 5.32 Å². The Balaban J connectivity index is 1.82. The Hall–Kier alpha value is -0.910. The van der Waals surface area contributed by atoms with Gasteiger partial charge < -0.3 is 14.7 Å². The second-order valence-electron chi connectivity index (χ2n) is 6.16. The topological polar surface area (TPSA) is 44.5 Å². The number of nitrogens with zero attached hydrogens (tertiary/aromatic N) is 3. The van der Waals surface area contributed by atoms with Crippen LogP contribution in [0.25, 0.3) is 0 Å². The van der Waals surface area contributed by atoms with Crippen LogP contribution in [0.1, 0.15) is 31.7 Å². The lowest BCUT2D eigenvalue weighted by atomic mass is 10.1. The molecule has 0 radical (unpaired) electrons. The van der Waals surface area contributed by atoms with Crippen LogP contribution in [0.3, 0.4) is 0 Å². The third-order valence-electron chi connectivity index (χ3n) is 4.03. The number of nitrogens with one attached hydrogen (secondary N) is 1. The van der Waals surface area contributed by atoms with Crippen molar-refractivity contribution in [2.45, 2.75) is 39.4 Å². The first kappa shape index (κ1) is 15.5. The molecule has 2 heterocycles. The molecule has 1 aliphatic rings. The Morgan fingerprint density at radius 1 is 1.45 bits per heavy atom. The summed E-state index contributed by atoms with van der Waals surface area (Å²) in [6.07, 6.45) is 1.14. The van der Waals surface area contributed by atoms with Gasteiger partial charge in [0.1, 0.15) is 0 Å². The number of rotatable bonds is 7. The highest BCUT2D eigenvalue weighted by atomic mass is 16.5. The summed E-state index contributed by atoms with van der Waals surface area (Å²) in [7, 11) is 4.33. The molecular weight excluding hydrogens is 252 g/mol. The van der Waals surface area contributed by atoms with E-state index in [9.17, 15) is 0 Å². The summed E-state index contributed by atoms with van der Waals surface area (Å²) in [4.78, 5) is 4.78. The molecular formula is C15H28N4O. The Bertz CT molecular complexity index is 404. The van der Waals surface area contributed by atoms with E-state index in [2.05, 4.69) is 54.3 Å². The Morgan fingerprint density at radius 3 is 2.90 bits per heavy atom. The standard InChI is InChI=1S/C15H28N4O/c1-5-6-16-8-13-7-14(20-17-13)10-19-9-12(2)15(11-19)18(3)4/h7,12,15-16H,5-6,8-11H2,1-4H3. The molecule has 0 bridgehead atoms. The fraction of sp³-hybridized carbons (Fsp3) is 0.800. The average Bonchev–Trinajstić information content (AvgIpc) is 2.97. The zero-order chi connectivity index (χ0) is 14.5. The van der Waals surface area contributed by atoms with Crippen molar-refractivity contribution in [3.63, 3.8) is 0 Å². The predicted molar refractivity (Wildman–Crippen MR) is 80.4 cm³/mol. The molecule has 1 aromatic rings. The SMILES string of the molecule is CCCNCc1cc(CN2CC(C)C(N(C)C)C2)on1. The van der Waals surface area contributed by atoms with E-state index in [4.69, 9.17) is 4.52 Å². The van der Waals surface area contributed by atoms with Gasteiger partial charge in [0.15, 0.2) is 5.76 Å². The van der Waals surface area contributed by atoms with Gasteiger partial charge in [0.25, 0.3) is 0 Å². The smallest absolute Gasteiger partial charge is 0.151 e. The number of aromatic nitrogens is 1. The van der Waals surface area contributed by atoms with Gasteiger partial charge in [-0.3, -0.25) is 4.90 Å². The average molecular weight is 280 g/mol. The molecule has 1 saturated heterocycles. The maximum Gasteiger partial charge on any atom is 0.151 e. The first-order valence-corrected chi connectivity index (χ1v) is 7.64. The van der Waals surface area contributed by atoms with Crippen molar-refractivity contribution in [1.29, 1.82) is 0 Å². The van der Waals surface area contributed by atoms with Crippen molar-refractivity contribution in [3.8, 4) is 0 Å². The van der Waals surface area contributed by atoms with Crippen molar-refractivity contribution < 1.29 is 4.52 Å². The lowest BCUT2D eigenvalue weighted by Gasteiger charge is -2.22. The van der Waals surface area contributed by atoms with E-state index in [1.165, 1.54) is 0 Å². The van der Waals surface area contributed by atoms with Crippen LogP contribution in [0.2, 0.25) is 0 Å². The molecule has 2 unspecified atom stereocenters. The summed E-state index contributed by atoms with van der Waals surface area (Å²) in [5, 5.41) is 7.47. The number of hydrogen-bond acceptors (Lipinski definition) is 5. The summed E-state index contributed by atoms with van der Waals surface area (Å²) in [6, 6.07) is 2.72. The van der Waals surface area contributed by atoms with Crippen molar-refractivity contribution >= 4 is 0 Å². The molecule has 1 aliphatic heterocycles. The van der Waals surface area contributed by atoms with Gasteiger partial charge in [-0.2, -0.15) is 0 Å². The molecule has 0 amide bonds. The summed E-state index contributed by atoms with van der Waals surface area (Å²) >= 11 is 0. The fourth-order valence-corrected chi connectivity index (χ4v) is 2.98. The first-order chi connectivity index (χ1) is 9.60. The molecule has 0 saturated carbocycles. The molecule has 2 rings (SSSR count). The second kappa shape index (κ2) is 7.20. The van der Waals surface area contributed by atoms with Crippen LogP contribution >= 0.6 is 0 Å². The second-order valence-corrected chi connectivity index (χ2v) is 6.16.